The van der Waals surface area contributed by atoms with Crippen LogP contribution in [0.3, 0.4) is 0 Å². The van der Waals surface area contributed by atoms with Crippen molar-refractivity contribution < 1.29 is 14.7 Å². The lowest BCUT2D eigenvalue weighted by atomic mass is 9.82. The summed E-state index contributed by atoms with van der Waals surface area (Å²) in [6.45, 7) is 4.21. The monoisotopic (exact) mass is 461 g/mol. The Hall–Kier alpha value is -3.87. The molecule has 3 aromatic rings. The van der Waals surface area contributed by atoms with Gasteiger partial charge in [0.2, 0.25) is 5.91 Å². The average molecular weight is 462 g/mol. The van der Waals surface area contributed by atoms with E-state index in [1.807, 2.05) is 80.6 Å². The zero-order valence-electron chi connectivity index (χ0n) is 19.5. The normalized spacial score (nSPS) is 13.1. The number of anilines is 1. The average Bonchev–Trinajstić information content (AvgIpc) is 3.15. The lowest BCUT2D eigenvalue weighted by Gasteiger charge is -2.24. The van der Waals surface area contributed by atoms with E-state index in [2.05, 4.69) is 10.3 Å². The summed E-state index contributed by atoms with van der Waals surface area (Å²) >= 11 is 0. The van der Waals surface area contributed by atoms with Crippen molar-refractivity contribution in [3.63, 3.8) is 0 Å². The fraction of sp³-hybridized carbons (Fsp3) is 0.296. The van der Waals surface area contributed by atoms with E-state index in [1.54, 1.807) is 6.08 Å². The van der Waals surface area contributed by atoms with E-state index in [9.17, 15) is 19.5 Å². The third kappa shape index (κ3) is 6.81. The van der Waals surface area contributed by atoms with Crippen LogP contribution in [0, 0.1) is 17.8 Å². The maximum atomic E-state index is 13.3. The molecule has 3 rings (SSSR count). The summed E-state index contributed by atoms with van der Waals surface area (Å²) in [4.78, 5) is 40.4. The molecule has 0 saturated heterocycles. The van der Waals surface area contributed by atoms with Gasteiger partial charge in [0.05, 0.1) is 18.4 Å². The number of nitrogens with zero attached hydrogens (tertiary/aromatic N) is 1. The molecule has 7 heteroatoms. The van der Waals surface area contributed by atoms with Crippen molar-refractivity contribution in [3.05, 3.63) is 94.5 Å². The number of imidazole rings is 1. The van der Waals surface area contributed by atoms with Gasteiger partial charge in [0.25, 0.3) is 0 Å². The number of hydrogen-bond acceptors (Lipinski definition) is 3. The number of amides is 1. The van der Waals surface area contributed by atoms with E-state index in [1.165, 1.54) is 10.8 Å². The maximum Gasteiger partial charge on any atom is 0.327 e. The molecular weight excluding hydrogens is 430 g/mol. The second-order valence-corrected chi connectivity index (χ2v) is 8.77. The quantitative estimate of drug-likeness (QED) is 0.387. The van der Waals surface area contributed by atoms with Gasteiger partial charge in [0.15, 0.2) is 0 Å². The van der Waals surface area contributed by atoms with E-state index < -0.39 is 23.7 Å². The molecule has 0 saturated carbocycles. The molecule has 0 unspecified atom stereocenters. The van der Waals surface area contributed by atoms with Crippen LogP contribution in [0.4, 0.5) is 5.82 Å². The zero-order chi connectivity index (χ0) is 24.5. The van der Waals surface area contributed by atoms with Crippen LogP contribution in [0.5, 0.6) is 0 Å². The predicted molar refractivity (Wildman–Crippen MR) is 133 cm³/mol. The molecule has 0 aliphatic heterocycles. The van der Waals surface area contributed by atoms with Crippen LogP contribution in [-0.2, 0) is 16.1 Å². The molecule has 0 fully saturated rings. The van der Waals surface area contributed by atoms with Crippen molar-refractivity contribution in [2.75, 3.05) is 5.32 Å². The van der Waals surface area contributed by atoms with E-state index in [0.717, 1.165) is 11.1 Å². The lowest BCUT2D eigenvalue weighted by molar-refractivity contribution is -0.146. The fourth-order valence-electron chi connectivity index (χ4n) is 3.95. The van der Waals surface area contributed by atoms with Crippen LogP contribution in [0.2, 0.25) is 0 Å². The molecule has 34 heavy (non-hydrogen) atoms. The number of carboxylic acid groups (broad SMARTS) is 1. The highest BCUT2D eigenvalue weighted by Crippen LogP contribution is 2.26. The highest BCUT2D eigenvalue weighted by molar-refractivity contribution is 5.94. The minimum absolute atomic E-state index is 0.119. The lowest BCUT2D eigenvalue weighted by Crippen LogP contribution is -2.35. The van der Waals surface area contributed by atoms with Gasteiger partial charge in [0, 0.05) is 6.20 Å². The number of allylic oxidation sites excluding steroid dienone is 1. The third-order valence-electron chi connectivity index (χ3n) is 5.67. The third-order valence-corrected chi connectivity index (χ3v) is 5.67. The summed E-state index contributed by atoms with van der Waals surface area (Å²) in [6.07, 6.45) is 5.75. The van der Waals surface area contributed by atoms with Crippen molar-refractivity contribution >= 4 is 23.8 Å². The first kappa shape index (κ1) is 24.8. The fourth-order valence-corrected chi connectivity index (χ4v) is 3.95. The SMILES string of the molecule is CC(C)C[C@@H](C(=O)Nc1c[nH]c(=O)n1Cc1ccccc1)[C@H](C/C=C/c1ccccc1)C(=O)O. The summed E-state index contributed by atoms with van der Waals surface area (Å²) in [7, 11) is 0. The van der Waals surface area contributed by atoms with Gasteiger partial charge in [-0.25, -0.2) is 4.79 Å². The molecule has 1 heterocycles. The summed E-state index contributed by atoms with van der Waals surface area (Å²) in [5, 5.41) is 12.8. The van der Waals surface area contributed by atoms with E-state index >= 15 is 0 Å². The summed E-state index contributed by atoms with van der Waals surface area (Å²) in [6, 6.07) is 19.0. The predicted octanol–water partition coefficient (Wildman–Crippen LogP) is 4.63. The van der Waals surface area contributed by atoms with Gasteiger partial charge in [0.1, 0.15) is 5.82 Å². The maximum absolute atomic E-state index is 13.3. The highest BCUT2D eigenvalue weighted by Gasteiger charge is 2.34. The summed E-state index contributed by atoms with van der Waals surface area (Å²) in [5.74, 6) is -2.64. The minimum atomic E-state index is -1.02. The summed E-state index contributed by atoms with van der Waals surface area (Å²) in [5.41, 5.74) is 1.53. The van der Waals surface area contributed by atoms with Crippen LogP contribution in [-0.4, -0.2) is 26.5 Å². The largest absolute Gasteiger partial charge is 0.481 e. The first-order valence-corrected chi connectivity index (χ1v) is 11.4. The first-order chi connectivity index (χ1) is 16.3. The van der Waals surface area contributed by atoms with Crippen molar-refractivity contribution in [1.29, 1.82) is 0 Å². The minimum Gasteiger partial charge on any atom is -0.481 e. The molecule has 1 amide bonds. The van der Waals surface area contributed by atoms with Gasteiger partial charge in [-0.3, -0.25) is 14.2 Å². The Kier molecular flexibility index (Phi) is 8.62. The number of carbonyl (C=O) groups is 2. The van der Waals surface area contributed by atoms with Crippen LogP contribution >= 0.6 is 0 Å². The van der Waals surface area contributed by atoms with Crippen molar-refractivity contribution in [1.82, 2.24) is 9.55 Å². The molecule has 178 valence electrons. The summed E-state index contributed by atoms with van der Waals surface area (Å²) < 4.78 is 1.44. The topological polar surface area (TPSA) is 104 Å². The van der Waals surface area contributed by atoms with Gasteiger partial charge in [-0.2, -0.15) is 0 Å². The molecule has 0 radical (unpaired) electrons. The van der Waals surface area contributed by atoms with Crippen molar-refractivity contribution in [2.24, 2.45) is 17.8 Å². The molecule has 0 spiro atoms. The van der Waals surface area contributed by atoms with Crippen LogP contribution < -0.4 is 11.0 Å². The molecule has 3 N–H and O–H groups in total. The van der Waals surface area contributed by atoms with Crippen molar-refractivity contribution in [3.8, 4) is 0 Å². The Morgan fingerprint density at radius 1 is 1.03 bits per heavy atom. The van der Waals surface area contributed by atoms with E-state index in [0.29, 0.717) is 12.2 Å². The molecule has 2 atom stereocenters. The Bertz CT molecular complexity index is 1160. The van der Waals surface area contributed by atoms with Gasteiger partial charge in [-0.05, 0) is 29.9 Å². The van der Waals surface area contributed by atoms with E-state index in [4.69, 9.17) is 0 Å². The highest BCUT2D eigenvalue weighted by atomic mass is 16.4. The van der Waals surface area contributed by atoms with Gasteiger partial charge in [-0.15, -0.1) is 0 Å². The van der Waals surface area contributed by atoms with Crippen molar-refractivity contribution in [2.45, 2.75) is 33.2 Å². The van der Waals surface area contributed by atoms with E-state index in [-0.39, 0.29) is 24.6 Å². The molecule has 1 aromatic heterocycles. The second-order valence-electron chi connectivity index (χ2n) is 8.77. The Labute approximate surface area is 199 Å². The van der Waals surface area contributed by atoms with Crippen LogP contribution in [0.1, 0.15) is 37.8 Å². The van der Waals surface area contributed by atoms with Gasteiger partial charge in [-0.1, -0.05) is 86.7 Å². The Morgan fingerprint density at radius 2 is 1.68 bits per heavy atom. The van der Waals surface area contributed by atoms with Gasteiger partial charge < -0.3 is 15.4 Å². The molecular formula is C27H31N3O4. The number of aliphatic carboxylic acids is 1. The number of aromatic nitrogens is 2. The molecule has 0 bridgehead atoms. The number of rotatable bonds is 11. The molecule has 7 nitrogen and oxygen atoms in total. The smallest absolute Gasteiger partial charge is 0.327 e. The second kappa shape index (κ2) is 11.8. The zero-order valence-corrected chi connectivity index (χ0v) is 19.5. The number of carbonyl (C=O) groups excluding carboxylic acids is 1. The standard InChI is InChI=1S/C27H31N3O4/c1-19(2)16-23(22(26(32)33)15-9-14-20-10-5-3-6-11-20)25(31)29-24-17-28-27(34)30(24)18-21-12-7-4-8-13-21/h3-14,17,19,22-23H,15-16,18H2,1-2H3,(H,28,34)(H,29,31)(H,32,33)/b14-9+/t22-,23+/m0/s1. The molecule has 0 aliphatic rings. The number of carboxylic acids is 1. The number of benzene rings is 2. The van der Waals surface area contributed by atoms with Gasteiger partial charge >= 0.3 is 11.7 Å². The number of nitrogens with one attached hydrogen (secondary N) is 2. The first-order valence-electron chi connectivity index (χ1n) is 11.4. The number of aromatic amines is 1. The number of H-pyrrole nitrogens is 1. The number of hydrogen-bond donors (Lipinski definition) is 3. The molecule has 2 aromatic carbocycles. The van der Waals surface area contributed by atoms with Crippen LogP contribution in [0.15, 0.2) is 77.7 Å². The Morgan fingerprint density at radius 3 is 2.29 bits per heavy atom. The Balaban J connectivity index is 1.80. The molecule has 0 aliphatic carbocycles. The van der Waals surface area contributed by atoms with Crippen LogP contribution in [0.25, 0.3) is 6.08 Å².